The van der Waals surface area contributed by atoms with Gasteiger partial charge in [0.2, 0.25) is 0 Å². The minimum absolute atomic E-state index is 0.0675. The van der Waals surface area contributed by atoms with E-state index in [-0.39, 0.29) is 35.8 Å². The molecule has 0 bridgehead atoms. The monoisotopic (exact) mass is 310 g/mol. The van der Waals surface area contributed by atoms with Gasteiger partial charge in [0.1, 0.15) is 0 Å². The number of ether oxygens (including phenoxy) is 3. The smallest absolute Gasteiger partial charge is 0.273 e. The molecule has 1 heterocycles. The van der Waals surface area contributed by atoms with Gasteiger partial charge in [0.15, 0.2) is 18.1 Å². The summed E-state index contributed by atoms with van der Waals surface area (Å²) in [7, 11) is 1.38. The standard InChI is InChI=1S/C14H18N2O6/c1-20-13-7-10(16(18)19)4-5-12(13)22-9-14(17)15-8-11-3-2-6-21-11/h4-5,7,11H,2-3,6,8-9H2,1H3,(H,15,17)/t11-/m0/s1. The summed E-state index contributed by atoms with van der Waals surface area (Å²) < 4.78 is 15.8. The van der Waals surface area contributed by atoms with Gasteiger partial charge >= 0.3 is 0 Å². The molecular weight excluding hydrogens is 292 g/mol. The highest BCUT2D eigenvalue weighted by atomic mass is 16.6. The number of nitro groups is 1. The number of nitro benzene ring substituents is 1. The van der Waals surface area contributed by atoms with Crippen LogP contribution in [-0.4, -0.2) is 43.8 Å². The molecule has 22 heavy (non-hydrogen) atoms. The van der Waals surface area contributed by atoms with Crippen LogP contribution >= 0.6 is 0 Å². The minimum atomic E-state index is -0.527. The van der Waals surface area contributed by atoms with Gasteiger partial charge in [-0.3, -0.25) is 14.9 Å². The molecule has 0 aromatic heterocycles. The van der Waals surface area contributed by atoms with Gasteiger partial charge in [-0.15, -0.1) is 0 Å². The summed E-state index contributed by atoms with van der Waals surface area (Å²) in [5.41, 5.74) is -0.105. The van der Waals surface area contributed by atoms with Crippen molar-refractivity contribution in [1.29, 1.82) is 0 Å². The summed E-state index contributed by atoms with van der Waals surface area (Å²) in [6.07, 6.45) is 2.02. The van der Waals surface area contributed by atoms with Crippen molar-refractivity contribution in [2.45, 2.75) is 18.9 Å². The van der Waals surface area contributed by atoms with E-state index >= 15 is 0 Å². The number of benzene rings is 1. The Morgan fingerprint density at radius 3 is 2.95 bits per heavy atom. The summed E-state index contributed by atoms with van der Waals surface area (Å²) >= 11 is 0. The lowest BCUT2D eigenvalue weighted by atomic mass is 10.2. The Morgan fingerprint density at radius 1 is 1.50 bits per heavy atom. The molecule has 1 fully saturated rings. The molecule has 1 aromatic rings. The van der Waals surface area contributed by atoms with Crippen molar-refractivity contribution in [3.05, 3.63) is 28.3 Å². The maximum atomic E-state index is 11.7. The van der Waals surface area contributed by atoms with E-state index in [9.17, 15) is 14.9 Å². The van der Waals surface area contributed by atoms with Crippen molar-refractivity contribution >= 4 is 11.6 Å². The number of hydrogen-bond donors (Lipinski definition) is 1. The Hall–Kier alpha value is -2.35. The molecule has 8 nitrogen and oxygen atoms in total. The lowest BCUT2D eigenvalue weighted by Crippen LogP contribution is -2.35. The number of nitrogens with one attached hydrogen (secondary N) is 1. The van der Waals surface area contributed by atoms with Crippen LogP contribution in [0.2, 0.25) is 0 Å². The minimum Gasteiger partial charge on any atom is -0.493 e. The second kappa shape index (κ2) is 7.60. The Morgan fingerprint density at radius 2 is 2.32 bits per heavy atom. The van der Waals surface area contributed by atoms with Gasteiger partial charge in [-0.05, 0) is 18.9 Å². The molecule has 2 rings (SSSR count). The topological polar surface area (TPSA) is 99.9 Å². The number of methoxy groups -OCH3 is 1. The fourth-order valence-corrected chi connectivity index (χ4v) is 2.12. The molecule has 1 N–H and O–H groups in total. The lowest BCUT2D eigenvalue weighted by Gasteiger charge is -2.12. The van der Waals surface area contributed by atoms with Gasteiger partial charge in [0.05, 0.1) is 24.2 Å². The fourth-order valence-electron chi connectivity index (χ4n) is 2.12. The third-order valence-electron chi connectivity index (χ3n) is 3.27. The first-order valence-corrected chi connectivity index (χ1v) is 6.93. The van der Waals surface area contributed by atoms with E-state index in [0.717, 1.165) is 19.4 Å². The van der Waals surface area contributed by atoms with Gasteiger partial charge in [-0.2, -0.15) is 0 Å². The van der Waals surface area contributed by atoms with E-state index in [1.54, 1.807) is 0 Å². The van der Waals surface area contributed by atoms with E-state index in [2.05, 4.69) is 5.32 Å². The SMILES string of the molecule is COc1cc([N+](=O)[O-])ccc1OCC(=O)NC[C@@H]1CCCO1. The second-order valence-electron chi connectivity index (χ2n) is 4.82. The summed E-state index contributed by atoms with van der Waals surface area (Å²) in [5, 5.41) is 13.4. The van der Waals surface area contributed by atoms with E-state index in [1.807, 2.05) is 0 Å². The molecule has 1 atom stereocenters. The van der Waals surface area contributed by atoms with E-state index in [0.29, 0.717) is 6.54 Å². The molecule has 1 saturated heterocycles. The highest BCUT2D eigenvalue weighted by molar-refractivity contribution is 5.77. The van der Waals surface area contributed by atoms with Crippen molar-refractivity contribution in [1.82, 2.24) is 5.32 Å². The summed E-state index contributed by atoms with van der Waals surface area (Å²) in [5.74, 6) is 0.206. The van der Waals surface area contributed by atoms with Gasteiger partial charge in [-0.25, -0.2) is 0 Å². The molecule has 0 unspecified atom stereocenters. The highest BCUT2D eigenvalue weighted by Gasteiger charge is 2.17. The molecule has 0 aliphatic carbocycles. The average Bonchev–Trinajstić information content (AvgIpc) is 3.04. The van der Waals surface area contributed by atoms with Gasteiger partial charge < -0.3 is 19.5 Å². The Kier molecular flexibility index (Phi) is 5.54. The van der Waals surface area contributed by atoms with Crippen LogP contribution in [0.4, 0.5) is 5.69 Å². The van der Waals surface area contributed by atoms with Crippen LogP contribution in [0.1, 0.15) is 12.8 Å². The number of amides is 1. The van der Waals surface area contributed by atoms with Crippen LogP contribution < -0.4 is 14.8 Å². The Bertz CT molecular complexity index is 542. The first kappa shape index (κ1) is 16.0. The summed E-state index contributed by atoms with van der Waals surface area (Å²) in [6, 6.07) is 3.95. The largest absolute Gasteiger partial charge is 0.493 e. The first-order valence-electron chi connectivity index (χ1n) is 6.93. The van der Waals surface area contributed by atoms with E-state index in [4.69, 9.17) is 14.2 Å². The molecule has 1 aliphatic rings. The van der Waals surface area contributed by atoms with Crippen LogP contribution in [0.5, 0.6) is 11.5 Å². The molecular formula is C14H18N2O6. The van der Waals surface area contributed by atoms with Crippen molar-refractivity contribution in [2.24, 2.45) is 0 Å². The van der Waals surface area contributed by atoms with Crippen molar-refractivity contribution in [2.75, 3.05) is 26.9 Å². The van der Waals surface area contributed by atoms with Crippen LogP contribution in [0.15, 0.2) is 18.2 Å². The van der Waals surface area contributed by atoms with E-state index in [1.165, 1.54) is 25.3 Å². The average molecular weight is 310 g/mol. The van der Waals surface area contributed by atoms with Gasteiger partial charge in [-0.1, -0.05) is 0 Å². The molecule has 120 valence electrons. The second-order valence-corrected chi connectivity index (χ2v) is 4.82. The Labute approximate surface area is 127 Å². The lowest BCUT2D eigenvalue weighted by molar-refractivity contribution is -0.384. The van der Waals surface area contributed by atoms with Gasteiger partial charge in [0.25, 0.3) is 11.6 Å². The fraction of sp³-hybridized carbons (Fsp3) is 0.500. The molecule has 0 spiro atoms. The summed E-state index contributed by atoms with van der Waals surface area (Å²) in [4.78, 5) is 21.9. The third-order valence-corrected chi connectivity index (χ3v) is 3.27. The molecule has 1 aliphatic heterocycles. The maximum absolute atomic E-state index is 11.7. The van der Waals surface area contributed by atoms with Crippen LogP contribution in [0, 0.1) is 10.1 Å². The zero-order chi connectivity index (χ0) is 15.9. The van der Waals surface area contributed by atoms with Crippen LogP contribution in [0.25, 0.3) is 0 Å². The van der Waals surface area contributed by atoms with Crippen molar-refractivity contribution < 1.29 is 23.9 Å². The van der Waals surface area contributed by atoms with Crippen LogP contribution in [-0.2, 0) is 9.53 Å². The molecule has 8 heteroatoms. The predicted octanol–water partition coefficient (Wildman–Crippen LogP) is 1.28. The normalized spacial score (nSPS) is 17.0. The maximum Gasteiger partial charge on any atom is 0.273 e. The summed E-state index contributed by atoms with van der Waals surface area (Å²) in [6.45, 7) is 0.998. The number of carbonyl (C=O) groups is 1. The number of hydrogen-bond acceptors (Lipinski definition) is 6. The third kappa shape index (κ3) is 4.32. The number of non-ortho nitro benzene ring substituents is 1. The van der Waals surface area contributed by atoms with Crippen LogP contribution in [0.3, 0.4) is 0 Å². The van der Waals surface area contributed by atoms with Crippen molar-refractivity contribution in [3.8, 4) is 11.5 Å². The highest BCUT2D eigenvalue weighted by Crippen LogP contribution is 2.30. The zero-order valence-corrected chi connectivity index (χ0v) is 12.2. The van der Waals surface area contributed by atoms with E-state index < -0.39 is 4.92 Å². The Balaban J connectivity index is 1.84. The molecule has 0 saturated carbocycles. The number of rotatable bonds is 7. The molecule has 1 aromatic carbocycles. The number of nitrogens with zero attached hydrogens (tertiary/aromatic N) is 1. The molecule has 0 radical (unpaired) electrons. The zero-order valence-electron chi connectivity index (χ0n) is 12.2. The van der Waals surface area contributed by atoms with Gasteiger partial charge in [0, 0.05) is 19.2 Å². The number of carbonyl (C=O) groups excluding carboxylic acids is 1. The molecule has 1 amide bonds. The predicted molar refractivity (Wildman–Crippen MR) is 77.1 cm³/mol. The van der Waals surface area contributed by atoms with Crippen molar-refractivity contribution in [3.63, 3.8) is 0 Å². The quantitative estimate of drug-likeness (QED) is 0.601. The first-order chi connectivity index (χ1) is 10.6.